The molecule has 0 aromatic heterocycles. The highest BCUT2D eigenvalue weighted by Gasteiger charge is 2.28. The number of alkyl halides is 2. The van der Waals surface area contributed by atoms with Crippen LogP contribution in [0.4, 0.5) is 8.78 Å². The average Bonchev–Trinajstić information content (AvgIpc) is 2.28. The molecule has 18 heavy (non-hydrogen) atoms. The van der Waals surface area contributed by atoms with Gasteiger partial charge in [0.2, 0.25) is 0 Å². The fourth-order valence-corrected chi connectivity index (χ4v) is 1.78. The average molecular weight is 258 g/mol. The van der Waals surface area contributed by atoms with Gasteiger partial charge in [-0.05, 0) is 17.5 Å². The first-order valence-corrected chi connectivity index (χ1v) is 5.97. The maximum absolute atomic E-state index is 12.9. The summed E-state index contributed by atoms with van der Waals surface area (Å²) >= 11 is 0. The monoisotopic (exact) mass is 258 g/mol. The summed E-state index contributed by atoms with van der Waals surface area (Å²) in [4.78, 5) is 0. The molecule has 0 bridgehead atoms. The van der Waals surface area contributed by atoms with E-state index in [9.17, 15) is 19.0 Å². The summed E-state index contributed by atoms with van der Waals surface area (Å²) in [5, 5.41) is 19.3. The molecular weight excluding hydrogens is 238 g/mol. The van der Waals surface area contributed by atoms with E-state index < -0.39 is 17.6 Å². The van der Waals surface area contributed by atoms with Crippen molar-refractivity contribution in [3.05, 3.63) is 28.8 Å². The van der Waals surface area contributed by atoms with Gasteiger partial charge in [-0.25, -0.2) is 8.78 Å². The van der Waals surface area contributed by atoms with E-state index in [2.05, 4.69) is 0 Å². The highest BCUT2D eigenvalue weighted by Crippen LogP contribution is 2.39. The molecule has 0 heterocycles. The molecule has 0 atom stereocenters. The Hall–Kier alpha value is -1.16. The van der Waals surface area contributed by atoms with Crippen molar-refractivity contribution in [2.75, 3.05) is 6.61 Å². The number of hydrogen-bond donors (Lipinski definition) is 2. The van der Waals surface area contributed by atoms with Crippen LogP contribution in [0.25, 0.3) is 0 Å². The van der Waals surface area contributed by atoms with Gasteiger partial charge in [0.05, 0.1) is 12.2 Å². The highest BCUT2D eigenvalue weighted by molar-refractivity contribution is 5.48. The minimum atomic E-state index is -2.73. The van der Waals surface area contributed by atoms with E-state index in [0.717, 1.165) is 5.56 Å². The molecule has 4 heteroatoms. The molecule has 2 nitrogen and oxygen atoms in total. The first-order chi connectivity index (χ1) is 8.20. The molecule has 0 saturated carbocycles. The van der Waals surface area contributed by atoms with Crippen molar-refractivity contribution in [3.63, 3.8) is 0 Å². The molecule has 0 spiro atoms. The zero-order chi connectivity index (χ0) is 14.1. The molecule has 0 aliphatic carbocycles. The molecule has 0 fully saturated rings. The van der Waals surface area contributed by atoms with Crippen LogP contribution in [0.15, 0.2) is 12.1 Å². The van der Waals surface area contributed by atoms with E-state index in [1.54, 1.807) is 19.9 Å². The summed E-state index contributed by atoms with van der Waals surface area (Å²) < 4.78 is 25.8. The summed E-state index contributed by atoms with van der Waals surface area (Å²) in [6.07, 6.45) is -2.73. The van der Waals surface area contributed by atoms with Crippen LogP contribution in [0.2, 0.25) is 0 Å². The van der Waals surface area contributed by atoms with E-state index in [1.165, 1.54) is 6.07 Å². The lowest BCUT2D eigenvalue weighted by Gasteiger charge is -2.26. The van der Waals surface area contributed by atoms with Crippen molar-refractivity contribution in [3.8, 4) is 5.75 Å². The molecule has 1 aromatic carbocycles. The van der Waals surface area contributed by atoms with Crippen molar-refractivity contribution in [2.24, 2.45) is 0 Å². The van der Waals surface area contributed by atoms with Gasteiger partial charge in [-0.3, -0.25) is 0 Å². The lowest BCUT2D eigenvalue weighted by atomic mass is 9.81. The van der Waals surface area contributed by atoms with Gasteiger partial charge in [0.1, 0.15) is 5.75 Å². The Labute approximate surface area is 106 Å². The number of phenolic OH excluding ortho intramolecular Hbond substituents is 1. The van der Waals surface area contributed by atoms with Crippen molar-refractivity contribution in [1.82, 2.24) is 0 Å². The minimum absolute atomic E-state index is 0.0799. The number of aromatic hydroxyl groups is 1. The van der Waals surface area contributed by atoms with Gasteiger partial charge in [-0.1, -0.05) is 33.8 Å². The molecule has 102 valence electrons. The van der Waals surface area contributed by atoms with Gasteiger partial charge in [0, 0.05) is 11.0 Å². The van der Waals surface area contributed by atoms with Gasteiger partial charge in [-0.2, -0.15) is 0 Å². The summed E-state index contributed by atoms with van der Waals surface area (Å²) in [5.41, 5.74) is -0.0117. The Kier molecular flexibility index (Phi) is 4.32. The Morgan fingerprint density at radius 2 is 1.78 bits per heavy atom. The number of phenols is 1. The van der Waals surface area contributed by atoms with Gasteiger partial charge in [-0.15, -0.1) is 0 Å². The molecular formula is C14H20F2O2. The Bertz CT molecular complexity index is 426. The smallest absolute Gasteiger partial charge is 0.267 e. The van der Waals surface area contributed by atoms with Gasteiger partial charge < -0.3 is 10.2 Å². The normalized spacial score (nSPS) is 12.5. The predicted octanol–water partition coefficient (Wildman–Crippen LogP) is 3.72. The quantitative estimate of drug-likeness (QED) is 0.864. The lowest BCUT2D eigenvalue weighted by Crippen LogP contribution is -2.23. The van der Waals surface area contributed by atoms with Crippen molar-refractivity contribution < 1.29 is 19.0 Å². The summed E-state index contributed by atoms with van der Waals surface area (Å²) in [6, 6.07) is 3.03. The molecule has 0 aliphatic rings. The second kappa shape index (κ2) is 5.22. The Morgan fingerprint density at radius 1 is 1.22 bits per heavy atom. The third-order valence-electron chi connectivity index (χ3n) is 3.19. The maximum Gasteiger partial charge on any atom is 0.267 e. The first-order valence-electron chi connectivity index (χ1n) is 5.97. The first kappa shape index (κ1) is 14.9. The number of halogens is 2. The zero-order valence-corrected chi connectivity index (χ0v) is 11.2. The van der Waals surface area contributed by atoms with Crippen LogP contribution in [0, 0.1) is 0 Å². The predicted molar refractivity (Wildman–Crippen MR) is 67.3 cm³/mol. The number of hydrogen-bond acceptors (Lipinski definition) is 2. The molecule has 2 N–H and O–H groups in total. The van der Waals surface area contributed by atoms with Crippen LogP contribution in [0.1, 0.15) is 56.7 Å². The number of rotatable bonds is 4. The summed E-state index contributed by atoms with van der Waals surface area (Å²) in [7, 11) is 0. The number of benzene rings is 1. The molecule has 1 rings (SSSR count). The molecule has 0 radical (unpaired) electrons. The highest BCUT2D eigenvalue weighted by atomic mass is 19.3. The molecule has 0 aliphatic heterocycles. The standard InChI is InChI=1S/C14H20F2O2/c1-8(2)9-5-10(13(15)16)12(18)11(6-9)14(3,4)7-17/h5-6,8,13,17-18H,7H2,1-4H3. The van der Waals surface area contributed by atoms with Gasteiger partial charge in [0.15, 0.2) is 0 Å². The van der Waals surface area contributed by atoms with E-state index in [4.69, 9.17) is 0 Å². The van der Waals surface area contributed by atoms with Crippen LogP contribution in [0.3, 0.4) is 0 Å². The van der Waals surface area contributed by atoms with E-state index in [1.807, 2.05) is 13.8 Å². The maximum atomic E-state index is 12.9. The molecule has 0 amide bonds. The second-order valence-corrected chi connectivity index (χ2v) is 5.50. The number of aliphatic hydroxyl groups excluding tert-OH is 1. The summed E-state index contributed by atoms with van der Waals surface area (Å²) in [6.45, 7) is 7.00. The second-order valence-electron chi connectivity index (χ2n) is 5.50. The fraction of sp³-hybridized carbons (Fsp3) is 0.571. The van der Waals surface area contributed by atoms with E-state index >= 15 is 0 Å². The van der Waals surface area contributed by atoms with Crippen LogP contribution in [-0.4, -0.2) is 16.8 Å². The zero-order valence-electron chi connectivity index (χ0n) is 11.2. The summed E-state index contributed by atoms with van der Waals surface area (Å²) in [5.74, 6) is -0.329. The third-order valence-corrected chi connectivity index (χ3v) is 3.19. The Morgan fingerprint density at radius 3 is 2.17 bits per heavy atom. The Balaban J connectivity index is 3.50. The topological polar surface area (TPSA) is 40.5 Å². The largest absolute Gasteiger partial charge is 0.507 e. The molecule has 1 aromatic rings. The minimum Gasteiger partial charge on any atom is -0.507 e. The molecule has 0 unspecified atom stereocenters. The lowest BCUT2D eigenvalue weighted by molar-refractivity contribution is 0.146. The van der Waals surface area contributed by atoms with Crippen LogP contribution < -0.4 is 0 Å². The number of aliphatic hydroxyl groups is 1. The van der Waals surface area contributed by atoms with Crippen molar-refractivity contribution in [2.45, 2.75) is 45.5 Å². The fourth-order valence-electron chi connectivity index (χ4n) is 1.78. The van der Waals surface area contributed by atoms with Crippen molar-refractivity contribution >= 4 is 0 Å². The van der Waals surface area contributed by atoms with Crippen LogP contribution in [-0.2, 0) is 5.41 Å². The van der Waals surface area contributed by atoms with E-state index in [-0.39, 0.29) is 18.1 Å². The van der Waals surface area contributed by atoms with Gasteiger partial charge in [0.25, 0.3) is 6.43 Å². The van der Waals surface area contributed by atoms with Crippen molar-refractivity contribution in [1.29, 1.82) is 0 Å². The van der Waals surface area contributed by atoms with E-state index in [0.29, 0.717) is 5.56 Å². The SMILES string of the molecule is CC(C)c1cc(C(F)F)c(O)c(C(C)(C)CO)c1. The van der Waals surface area contributed by atoms with Gasteiger partial charge >= 0.3 is 0 Å². The van der Waals surface area contributed by atoms with Crippen LogP contribution in [0.5, 0.6) is 5.75 Å². The third kappa shape index (κ3) is 2.80. The molecule has 0 saturated heterocycles. The van der Waals surface area contributed by atoms with Crippen LogP contribution >= 0.6 is 0 Å².